The number of rotatable bonds is 4. The number of thiophene rings is 1. The van der Waals surface area contributed by atoms with Gasteiger partial charge in [0.1, 0.15) is 11.2 Å². The van der Waals surface area contributed by atoms with Gasteiger partial charge in [-0.05, 0) is 56.1 Å². The Balaban J connectivity index is 1.37. The third-order valence-corrected chi connectivity index (χ3v) is 6.43. The van der Waals surface area contributed by atoms with Gasteiger partial charge in [0, 0.05) is 12.6 Å². The van der Waals surface area contributed by atoms with Crippen molar-refractivity contribution in [3.05, 3.63) is 28.1 Å². The molecule has 7 heteroatoms. The van der Waals surface area contributed by atoms with E-state index in [1.807, 2.05) is 11.4 Å². The number of piperidine rings is 2. The molecule has 2 aromatic rings. The van der Waals surface area contributed by atoms with Crippen LogP contribution in [-0.2, 0) is 11.3 Å². The molecule has 2 atom stereocenters. The number of carbonyl (C=O) groups is 1. The summed E-state index contributed by atoms with van der Waals surface area (Å²) in [6.07, 6.45) is 7.73. The van der Waals surface area contributed by atoms with Gasteiger partial charge in [0.2, 0.25) is 5.91 Å². The number of hydrogen-bond donors (Lipinski definition) is 1. The van der Waals surface area contributed by atoms with Gasteiger partial charge in [0.25, 0.3) is 5.56 Å². The van der Waals surface area contributed by atoms with Crippen molar-refractivity contribution in [2.45, 2.75) is 44.7 Å². The lowest BCUT2D eigenvalue weighted by Gasteiger charge is -2.44. The van der Waals surface area contributed by atoms with Crippen LogP contribution < -0.4 is 10.9 Å². The van der Waals surface area contributed by atoms with E-state index in [1.54, 1.807) is 0 Å². The van der Waals surface area contributed by atoms with E-state index in [2.05, 4.69) is 15.2 Å². The molecule has 1 N–H and O–H groups in total. The van der Waals surface area contributed by atoms with E-state index in [1.165, 1.54) is 67.4 Å². The molecule has 0 spiro atoms. The molecule has 4 heterocycles. The quantitative estimate of drug-likeness (QED) is 0.903. The average Bonchev–Trinajstić information content (AvgIpc) is 3.12. The molecular weight excluding hydrogens is 336 g/mol. The molecule has 2 aliphatic heterocycles. The zero-order valence-electron chi connectivity index (χ0n) is 14.3. The molecule has 25 heavy (non-hydrogen) atoms. The summed E-state index contributed by atoms with van der Waals surface area (Å²) < 4.78 is 2.02. The van der Waals surface area contributed by atoms with Gasteiger partial charge in [-0.15, -0.1) is 11.3 Å². The fourth-order valence-electron chi connectivity index (χ4n) is 4.26. The van der Waals surface area contributed by atoms with E-state index in [9.17, 15) is 9.59 Å². The largest absolute Gasteiger partial charge is 0.354 e. The van der Waals surface area contributed by atoms with E-state index < -0.39 is 0 Å². The molecule has 2 fully saturated rings. The molecule has 2 aliphatic rings. The lowest BCUT2D eigenvalue weighted by Crippen LogP contribution is -2.51. The molecule has 0 aliphatic carbocycles. The Morgan fingerprint density at radius 1 is 1.28 bits per heavy atom. The molecule has 4 rings (SSSR count). The van der Waals surface area contributed by atoms with Crippen molar-refractivity contribution in [2.24, 2.45) is 5.92 Å². The van der Waals surface area contributed by atoms with Gasteiger partial charge in [0.05, 0.1) is 11.8 Å². The fraction of sp³-hybridized carbons (Fsp3) is 0.611. The fourth-order valence-corrected chi connectivity index (χ4v) is 5.06. The summed E-state index contributed by atoms with van der Waals surface area (Å²) in [5.41, 5.74) is 0.567. The van der Waals surface area contributed by atoms with Crippen molar-refractivity contribution in [1.29, 1.82) is 0 Å². The maximum atomic E-state index is 12.4. The van der Waals surface area contributed by atoms with E-state index in [4.69, 9.17) is 0 Å². The van der Waals surface area contributed by atoms with Crippen LogP contribution in [0.25, 0.3) is 10.2 Å². The summed E-state index contributed by atoms with van der Waals surface area (Å²) in [6, 6.07) is 2.44. The first-order valence-electron chi connectivity index (χ1n) is 9.16. The lowest BCUT2D eigenvalue weighted by atomic mass is 9.83. The number of nitrogens with one attached hydrogen (secondary N) is 1. The van der Waals surface area contributed by atoms with Gasteiger partial charge in [-0.25, -0.2) is 4.98 Å². The Kier molecular flexibility index (Phi) is 4.85. The molecule has 134 valence electrons. The Bertz CT molecular complexity index is 813. The molecule has 0 bridgehead atoms. The highest BCUT2D eigenvalue weighted by atomic mass is 32.1. The first-order valence-corrected chi connectivity index (χ1v) is 10.0. The Morgan fingerprint density at radius 2 is 2.16 bits per heavy atom. The van der Waals surface area contributed by atoms with Gasteiger partial charge in [-0.1, -0.05) is 6.42 Å². The highest BCUT2D eigenvalue weighted by molar-refractivity contribution is 7.17. The Hall–Kier alpha value is -1.73. The number of hydrogen-bond acceptors (Lipinski definition) is 5. The normalized spacial score (nSPS) is 24.2. The van der Waals surface area contributed by atoms with Crippen LogP contribution in [0.2, 0.25) is 0 Å². The standard InChI is InChI=1S/C18H24N4O2S/c23-16(11-22-12-20-14-6-9-25-17(14)18(22)24)19-10-13-4-3-8-21-7-2-1-5-15(13)21/h6,9,12-13,15H,1-5,7-8,10-11H2,(H,19,23)/t13-,15+/m1/s1. The SMILES string of the molecule is O=C(Cn1cnc2ccsc2c1=O)NC[C@H]1CCCN2CCCC[C@@H]12. The number of aromatic nitrogens is 2. The molecule has 2 aromatic heterocycles. The molecule has 2 saturated heterocycles. The minimum Gasteiger partial charge on any atom is -0.354 e. The minimum atomic E-state index is -0.133. The van der Waals surface area contributed by atoms with Crippen LogP contribution in [0.1, 0.15) is 32.1 Å². The molecule has 0 aromatic carbocycles. The van der Waals surface area contributed by atoms with Crippen molar-refractivity contribution in [1.82, 2.24) is 19.8 Å². The van der Waals surface area contributed by atoms with Crippen molar-refractivity contribution in [3.8, 4) is 0 Å². The van der Waals surface area contributed by atoms with E-state index in [-0.39, 0.29) is 18.0 Å². The number of nitrogens with zero attached hydrogens (tertiary/aromatic N) is 3. The summed E-state index contributed by atoms with van der Waals surface area (Å²) >= 11 is 1.37. The summed E-state index contributed by atoms with van der Waals surface area (Å²) in [5, 5.41) is 4.90. The summed E-state index contributed by atoms with van der Waals surface area (Å²) in [5.74, 6) is 0.431. The van der Waals surface area contributed by atoms with E-state index in [0.717, 1.165) is 0 Å². The monoisotopic (exact) mass is 360 g/mol. The first kappa shape index (κ1) is 16.7. The second-order valence-corrected chi connectivity index (χ2v) is 8.03. The smallest absolute Gasteiger partial charge is 0.271 e. The molecule has 6 nitrogen and oxygen atoms in total. The van der Waals surface area contributed by atoms with Crippen LogP contribution in [0.15, 0.2) is 22.6 Å². The van der Waals surface area contributed by atoms with Crippen LogP contribution in [0, 0.1) is 5.92 Å². The van der Waals surface area contributed by atoms with E-state index in [0.29, 0.717) is 28.7 Å². The van der Waals surface area contributed by atoms with Crippen molar-refractivity contribution in [3.63, 3.8) is 0 Å². The van der Waals surface area contributed by atoms with E-state index >= 15 is 0 Å². The third kappa shape index (κ3) is 3.48. The minimum absolute atomic E-state index is 0.0424. The second-order valence-electron chi connectivity index (χ2n) is 7.12. The average molecular weight is 360 g/mol. The van der Waals surface area contributed by atoms with Crippen molar-refractivity contribution >= 4 is 27.5 Å². The van der Waals surface area contributed by atoms with Gasteiger partial charge in [0.15, 0.2) is 0 Å². The third-order valence-electron chi connectivity index (χ3n) is 5.54. The topological polar surface area (TPSA) is 67.2 Å². The highest BCUT2D eigenvalue weighted by Crippen LogP contribution is 2.30. The highest BCUT2D eigenvalue weighted by Gasteiger charge is 2.32. The maximum absolute atomic E-state index is 12.4. The molecule has 0 unspecified atom stereocenters. The number of carbonyl (C=O) groups excluding carboxylic acids is 1. The predicted molar refractivity (Wildman–Crippen MR) is 98.8 cm³/mol. The van der Waals surface area contributed by atoms with Crippen LogP contribution >= 0.6 is 11.3 Å². The first-order chi connectivity index (χ1) is 12.2. The van der Waals surface area contributed by atoms with Gasteiger partial charge in [-0.3, -0.25) is 14.2 Å². The summed E-state index contributed by atoms with van der Waals surface area (Å²) in [4.78, 5) is 31.5. The summed E-state index contributed by atoms with van der Waals surface area (Å²) in [7, 11) is 0. The molecule has 0 radical (unpaired) electrons. The maximum Gasteiger partial charge on any atom is 0.271 e. The molecule has 1 amide bonds. The summed E-state index contributed by atoms with van der Waals surface area (Å²) in [6.45, 7) is 3.16. The van der Waals surface area contributed by atoms with Gasteiger partial charge >= 0.3 is 0 Å². The van der Waals surface area contributed by atoms with Crippen LogP contribution in [0.5, 0.6) is 0 Å². The zero-order chi connectivity index (χ0) is 17.2. The van der Waals surface area contributed by atoms with Crippen LogP contribution in [-0.4, -0.2) is 46.0 Å². The van der Waals surface area contributed by atoms with Crippen LogP contribution in [0.3, 0.4) is 0 Å². The zero-order valence-corrected chi connectivity index (χ0v) is 15.1. The number of fused-ring (bicyclic) bond motifs is 2. The second kappa shape index (κ2) is 7.25. The van der Waals surface area contributed by atoms with Crippen molar-refractivity contribution < 1.29 is 4.79 Å². The van der Waals surface area contributed by atoms with Crippen LogP contribution in [0.4, 0.5) is 0 Å². The number of amides is 1. The van der Waals surface area contributed by atoms with Gasteiger partial charge < -0.3 is 10.2 Å². The molecular formula is C18H24N4O2S. The molecule has 0 saturated carbocycles. The lowest BCUT2D eigenvalue weighted by molar-refractivity contribution is -0.122. The van der Waals surface area contributed by atoms with Crippen molar-refractivity contribution in [2.75, 3.05) is 19.6 Å². The Labute approximate surface area is 150 Å². The Morgan fingerprint density at radius 3 is 3.08 bits per heavy atom. The van der Waals surface area contributed by atoms with Gasteiger partial charge in [-0.2, -0.15) is 0 Å². The predicted octanol–water partition coefficient (Wildman–Crippen LogP) is 1.84.